The number of benzene rings is 2. The van der Waals surface area contributed by atoms with Crippen LogP contribution in [0.4, 0.5) is 5.69 Å². The zero-order valence-electron chi connectivity index (χ0n) is 19.8. The van der Waals surface area contributed by atoms with Crippen LogP contribution >= 0.6 is 0 Å². The van der Waals surface area contributed by atoms with E-state index in [0.717, 1.165) is 12.3 Å². The van der Waals surface area contributed by atoms with Crippen LogP contribution in [-0.2, 0) is 21.4 Å². The number of para-hydroxylation sites is 2. The minimum atomic E-state index is -3.62. The van der Waals surface area contributed by atoms with Gasteiger partial charge in [0, 0.05) is 24.7 Å². The second-order valence-electron chi connectivity index (χ2n) is 9.91. The Balaban J connectivity index is 1.13. The summed E-state index contributed by atoms with van der Waals surface area (Å²) in [5, 5.41) is 2.79. The van der Waals surface area contributed by atoms with Crippen molar-refractivity contribution in [2.75, 3.05) is 5.32 Å². The molecule has 1 heterocycles. The van der Waals surface area contributed by atoms with E-state index in [1.807, 2.05) is 19.1 Å². The number of anilines is 1. The van der Waals surface area contributed by atoms with Crippen LogP contribution in [0.2, 0.25) is 0 Å². The third kappa shape index (κ3) is 5.06. The Morgan fingerprint density at radius 1 is 1.11 bits per heavy atom. The Morgan fingerprint density at radius 3 is 2.60 bits per heavy atom. The van der Waals surface area contributed by atoms with Gasteiger partial charge in [-0.15, -0.1) is 0 Å². The van der Waals surface area contributed by atoms with E-state index >= 15 is 0 Å². The molecule has 2 aromatic carbocycles. The molecule has 8 nitrogen and oxygen atoms in total. The molecule has 2 bridgehead atoms. The zero-order chi connectivity index (χ0) is 24.6. The Hall–Kier alpha value is -2.91. The summed E-state index contributed by atoms with van der Waals surface area (Å²) >= 11 is 0. The van der Waals surface area contributed by atoms with Gasteiger partial charge >= 0.3 is 5.76 Å². The van der Waals surface area contributed by atoms with Crippen LogP contribution in [0.3, 0.4) is 0 Å². The lowest BCUT2D eigenvalue weighted by molar-refractivity contribution is -0.116. The largest absolute Gasteiger partial charge is 0.419 e. The minimum Gasteiger partial charge on any atom is -0.408 e. The van der Waals surface area contributed by atoms with Crippen molar-refractivity contribution in [2.45, 2.75) is 62.9 Å². The van der Waals surface area contributed by atoms with E-state index in [9.17, 15) is 18.0 Å². The molecule has 2 fully saturated rings. The number of amides is 1. The number of nitrogens with one attached hydrogen (secondary N) is 2. The molecule has 2 saturated carbocycles. The highest BCUT2D eigenvalue weighted by Crippen LogP contribution is 2.49. The molecule has 0 unspecified atom stereocenters. The van der Waals surface area contributed by atoms with Gasteiger partial charge in [-0.3, -0.25) is 9.36 Å². The number of carbonyl (C=O) groups is 1. The average Bonchev–Trinajstić information content (AvgIpc) is 3.54. The molecule has 9 heteroatoms. The van der Waals surface area contributed by atoms with Gasteiger partial charge in [-0.1, -0.05) is 18.6 Å². The van der Waals surface area contributed by atoms with Crippen molar-refractivity contribution < 1.29 is 17.6 Å². The average molecular weight is 498 g/mol. The highest BCUT2D eigenvalue weighted by Gasteiger charge is 2.42. The normalized spacial score (nSPS) is 22.5. The molecule has 0 radical (unpaired) electrons. The predicted octanol–water partition coefficient (Wildman–Crippen LogP) is 4.12. The molecule has 2 N–H and O–H groups in total. The molecule has 3 aromatic rings. The molecule has 2 aliphatic carbocycles. The Morgan fingerprint density at radius 2 is 1.89 bits per heavy atom. The lowest BCUT2D eigenvalue weighted by atomic mass is 9.84. The maximum atomic E-state index is 12.9. The fraction of sp³-hybridized carbons (Fsp3) is 0.462. The molecule has 0 aliphatic heterocycles. The second-order valence-corrected chi connectivity index (χ2v) is 11.6. The summed E-state index contributed by atoms with van der Waals surface area (Å²) in [4.78, 5) is 24.6. The molecule has 0 spiro atoms. The topological polar surface area (TPSA) is 110 Å². The summed E-state index contributed by atoms with van der Waals surface area (Å²) in [6.45, 7) is 2.34. The number of hydrogen-bond donors (Lipinski definition) is 2. The third-order valence-electron chi connectivity index (χ3n) is 7.58. The second kappa shape index (κ2) is 9.62. The number of nitrogens with zero attached hydrogens (tertiary/aromatic N) is 1. The molecule has 1 amide bonds. The summed E-state index contributed by atoms with van der Waals surface area (Å²) < 4.78 is 35.4. The third-order valence-corrected chi connectivity index (χ3v) is 9.16. The van der Waals surface area contributed by atoms with Crippen molar-refractivity contribution in [1.29, 1.82) is 0 Å². The molecule has 5 rings (SSSR count). The van der Waals surface area contributed by atoms with Crippen LogP contribution in [0.5, 0.6) is 0 Å². The number of carbonyl (C=O) groups excluding carboxylic acids is 1. The van der Waals surface area contributed by atoms with Gasteiger partial charge in [0.1, 0.15) is 0 Å². The van der Waals surface area contributed by atoms with E-state index < -0.39 is 15.8 Å². The summed E-state index contributed by atoms with van der Waals surface area (Å²) in [7, 11) is -3.62. The summed E-state index contributed by atoms with van der Waals surface area (Å²) in [6.07, 6.45) is 5.53. The molecule has 2 aliphatic rings. The summed E-state index contributed by atoms with van der Waals surface area (Å²) in [6, 6.07) is 13.3. The van der Waals surface area contributed by atoms with E-state index in [0.29, 0.717) is 41.6 Å². The number of fused-ring (bicyclic) bond motifs is 3. The maximum absolute atomic E-state index is 12.9. The van der Waals surface area contributed by atoms with Gasteiger partial charge in [0.15, 0.2) is 5.58 Å². The van der Waals surface area contributed by atoms with E-state index in [1.165, 1.54) is 36.0 Å². The van der Waals surface area contributed by atoms with E-state index in [-0.39, 0.29) is 23.3 Å². The SMILES string of the molecule is C[C@H](NS(=O)(=O)c1ccc(NC(=O)CCCn2c(=O)oc3ccccc32)cc1)[C@H]1C[C@H]2CC[C@H]1C2. The maximum Gasteiger partial charge on any atom is 0.419 e. The van der Waals surface area contributed by atoms with Gasteiger partial charge in [-0.2, -0.15) is 0 Å². The monoisotopic (exact) mass is 497 g/mol. The van der Waals surface area contributed by atoms with E-state index in [2.05, 4.69) is 10.0 Å². The lowest BCUT2D eigenvalue weighted by Gasteiger charge is -2.28. The van der Waals surface area contributed by atoms with Crippen LogP contribution in [0.1, 0.15) is 45.4 Å². The van der Waals surface area contributed by atoms with Crippen molar-refractivity contribution in [3.05, 3.63) is 59.1 Å². The van der Waals surface area contributed by atoms with Crippen LogP contribution in [0.25, 0.3) is 11.1 Å². The molecular weight excluding hydrogens is 466 g/mol. The van der Waals surface area contributed by atoms with Gasteiger partial charge < -0.3 is 9.73 Å². The first-order valence-electron chi connectivity index (χ1n) is 12.3. The molecule has 0 saturated heterocycles. The number of rotatable bonds is 9. The van der Waals surface area contributed by atoms with Crippen molar-refractivity contribution in [3.8, 4) is 0 Å². The van der Waals surface area contributed by atoms with Crippen LogP contribution in [0.15, 0.2) is 62.6 Å². The minimum absolute atomic E-state index is 0.0884. The fourth-order valence-electron chi connectivity index (χ4n) is 5.87. The van der Waals surface area contributed by atoms with Crippen molar-refractivity contribution in [2.24, 2.45) is 17.8 Å². The first kappa shape index (κ1) is 23.8. The number of oxazole rings is 1. The van der Waals surface area contributed by atoms with Gasteiger partial charge in [-0.05, 0) is 86.8 Å². The van der Waals surface area contributed by atoms with Gasteiger partial charge in [0.25, 0.3) is 0 Å². The first-order valence-corrected chi connectivity index (χ1v) is 13.8. The number of aryl methyl sites for hydroxylation is 1. The smallest absolute Gasteiger partial charge is 0.408 e. The van der Waals surface area contributed by atoms with Crippen molar-refractivity contribution in [3.63, 3.8) is 0 Å². The lowest BCUT2D eigenvalue weighted by Crippen LogP contribution is -2.40. The summed E-state index contributed by atoms with van der Waals surface area (Å²) in [5.41, 5.74) is 1.76. The van der Waals surface area contributed by atoms with Crippen LogP contribution < -0.4 is 15.8 Å². The molecule has 1 aromatic heterocycles. The van der Waals surface area contributed by atoms with Gasteiger partial charge in [0.2, 0.25) is 15.9 Å². The summed E-state index contributed by atoms with van der Waals surface area (Å²) in [5.74, 6) is 1.18. The number of aromatic nitrogens is 1. The Bertz CT molecular complexity index is 1380. The predicted molar refractivity (Wildman–Crippen MR) is 134 cm³/mol. The highest BCUT2D eigenvalue weighted by atomic mass is 32.2. The zero-order valence-corrected chi connectivity index (χ0v) is 20.6. The van der Waals surface area contributed by atoms with Gasteiger partial charge in [0.05, 0.1) is 10.4 Å². The van der Waals surface area contributed by atoms with Crippen LogP contribution in [0, 0.1) is 17.8 Å². The Labute approximate surface area is 204 Å². The molecular formula is C26H31N3O5S. The van der Waals surface area contributed by atoms with Crippen molar-refractivity contribution >= 4 is 32.7 Å². The van der Waals surface area contributed by atoms with Crippen molar-refractivity contribution in [1.82, 2.24) is 9.29 Å². The molecule has 35 heavy (non-hydrogen) atoms. The molecule has 186 valence electrons. The number of hydrogen-bond acceptors (Lipinski definition) is 5. The highest BCUT2D eigenvalue weighted by molar-refractivity contribution is 7.89. The fourth-order valence-corrected chi connectivity index (χ4v) is 7.17. The Kier molecular flexibility index (Phi) is 6.55. The molecule has 4 atom stereocenters. The van der Waals surface area contributed by atoms with Gasteiger partial charge in [-0.25, -0.2) is 17.9 Å². The van der Waals surface area contributed by atoms with E-state index in [1.54, 1.807) is 24.3 Å². The van der Waals surface area contributed by atoms with E-state index in [4.69, 9.17) is 4.42 Å². The van der Waals surface area contributed by atoms with Crippen LogP contribution in [-0.4, -0.2) is 24.9 Å². The quantitative estimate of drug-likeness (QED) is 0.462. The standard InChI is InChI=1S/C26H31N3O5S/c1-17(22-16-18-8-9-19(22)15-18)28-35(32,33)21-12-10-20(11-13-21)27-25(30)7-4-14-29-23-5-2-3-6-24(23)34-26(29)31/h2-3,5-6,10-13,17-19,22,28H,4,7-9,14-16H2,1H3,(H,27,30)/t17-,18-,19-,22+/m0/s1. The first-order chi connectivity index (χ1) is 16.8. The number of sulfonamides is 1.